The van der Waals surface area contributed by atoms with E-state index in [2.05, 4.69) is 102 Å². The molecule has 0 aromatic rings. The molecule has 8 saturated carbocycles. The van der Waals surface area contributed by atoms with Gasteiger partial charge < -0.3 is 18.1 Å². The quantitative estimate of drug-likeness (QED) is 0.160. The summed E-state index contributed by atoms with van der Waals surface area (Å²) in [5.41, 5.74) is 2.93. The van der Waals surface area contributed by atoms with E-state index in [1.165, 1.54) is 128 Å². The first kappa shape index (κ1) is 53.9. The molecule has 10 rings (SSSR count). The lowest BCUT2D eigenvalue weighted by Gasteiger charge is -2.59. The van der Waals surface area contributed by atoms with Crippen molar-refractivity contribution in [3.8, 4) is 0 Å². The van der Waals surface area contributed by atoms with Gasteiger partial charge in [0.15, 0.2) is 0 Å². The van der Waals surface area contributed by atoms with Crippen LogP contribution < -0.4 is 0 Å². The number of hydrogen-bond acceptors (Lipinski definition) is 6. The molecule has 6 nitrogen and oxygen atoms in total. The molecule has 10 fully saturated rings. The fraction of sp³-hybridized carbons (Fsp3) is 1.00. The molecule has 2 heterocycles. The molecule has 12 heteroatoms. The molecule has 2 saturated heterocycles. The topological polar surface area (TPSA) is 43.4 Å². The number of rotatable bonds is 10. The summed E-state index contributed by atoms with van der Waals surface area (Å²) in [6.07, 6.45) is 31.5. The molecule has 20 atom stereocenters. The van der Waals surface area contributed by atoms with E-state index in [-0.39, 0.29) is 0 Å². The average molecular weight is 1060 g/mol. The van der Waals surface area contributed by atoms with Crippen LogP contribution in [0, 0.1) is 71.0 Å². The molecule has 2 aliphatic heterocycles. The lowest BCUT2D eigenvalue weighted by Crippen LogP contribution is -2.58. The summed E-state index contributed by atoms with van der Waals surface area (Å²) in [5, 5.41) is 0. The molecule has 0 aromatic carbocycles. The molecule has 0 aromatic heterocycles. The maximum atomic E-state index is 7.95. The van der Waals surface area contributed by atoms with E-state index in [1.54, 1.807) is 0 Å². The fourth-order valence-corrected chi connectivity index (χ4v) is 32.4. The maximum Gasteiger partial charge on any atom is 0.259 e. The van der Waals surface area contributed by atoms with Gasteiger partial charge in [0.05, 0.1) is 56.7 Å². The van der Waals surface area contributed by atoms with Crippen molar-refractivity contribution in [3.63, 3.8) is 0 Å². The molecule has 69 heavy (non-hydrogen) atoms. The van der Waals surface area contributed by atoms with Crippen LogP contribution in [0.15, 0.2) is 0 Å². The van der Waals surface area contributed by atoms with Crippen LogP contribution in [0.3, 0.4) is 0 Å². The average Bonchev–Trinajstić information content (AvgIpc) is 3.59. The van der Waals surface area contributed by atoms with Crippen LogP contribution in [-0.4, -0.2) is 93.2 Å². The molecule has 8 aliphatic carbocycles. The summed E-state index contributed by atoms with van der Waals surface area (Å²) in [4.78, 5) is 0. The summed E-state index contributed by atoms with van der Waals surface area (Å²) < 4.78 is 37.1. The van der Waals surface area contributed by atoms with Gasteiger partial charge in [0.1, 0.15) is 0 Å². The highest BCUT2D eigenvalue weighted by atomic mass is 31.2. The SMILES string of the molecule is CN(CCCN(C)P1OC2C(C3CCCCC3CC2[Si](C)(C)C)C2C3CCCCC3CC([Si](C)(C)C)C2O1)P1OC2C(C3CCCCC3CC2[Si](C)(C)C)C2C3CCCCC3CC([Si](C)(C)C)C2O1. The summed E-state index contributed by atoms with van der Waals surface area (Å²) in [5.74, 6) is 9.76. The number of hydrogen-bond donors (Lipinski definition) is 0. The summed E-state index contributed by atoms with van der Waals surface area (Å²) in [6, 6.07) is 0. The molecule has 10 aliphatic rings. The van der Waals surface area contributed by atoms with Gasteiger partial charge >= 0.3 is 0 Å². The van der Waals surface area contributed by atoms with Crippen molar-refractivity contribution >= 4 is 49.3 Å². The normalized spacial score (nSPS) is 47.5. The van der Waals surface area contributed by atoms with Crippen molar-refractivity contribution in [1.29, 1.82) is 0 Å². The third-order valence-electron chi connectivity index (χ3n) is 22.9. The van der Waals surface area contributed by atoms with Gasteiger partial charge in [-0.1, -0.05) is 156 Å². The van der Waals surface area contributed by atoms with Gasteiger partial charge in [-0.2, -0.15) is 0 Å². The second kappa shape index (κ2) is 21.0. The predicted molar refractivity (Wildman–Crippen MR) is 306 cm³/mol. The van der Waals surface area contributed by atoms with Crippen molar-refractivity contribution in [1.82, 2.24) is 9.34 Å². The zero-order chi connectivity index (χ0) is 48.9. The van der Waals surface area contributed by atoms with Gasteiger partial charge in [0, 0.05) is 13.1 Å². The van der Waals surface area contributed by atoms with Crippen molar-refractivity contribution in [2.24, 2.45) is 71.0 Å². The molecular weight excluding hydrogens is 951 g/mol. The monoisotopic (exact) mass is 1060 g/mol. The first-order chi connectivity index (χ1) is 32.6. The summed E-state index contributed by atoms with van der Waals surface area (Å²) in [7, 11) is -3.62. The summed E-state index contributed by atoms with van der Waals surface area (Å²) >= 11 is 0. The fourth-order valence-electron chi connectivity index (χ4n) is 19.5. The summed E-state index contributed by atoms with van der Waals surface area (Å²) in [6.45, 7) is 34.4. The van der Waals surface area contributed by atoms with Crippen molar-refractivity contribution in [2.75, 3.05) is 27.2 Å². The highest BCUT2D eigenvalue weighted by Crippen LogP contribution is 2.70. The lowest BCUT2D eigenvalue weighted by molar-refractivity contribution is -0.0866. The van der Waals surface area contributed by atoms with E-state index in [0.29, 0.717) is 48.1 Å². The van der Waals surface area contributed by atoms with E-state index >= 15 is 0 Å². The Morgan fingerprint density at radius 2 is 0.565 bits per heavy atom. The molecule has 0 spiro atoms. The van der Waals surface area contributed by atoms with Crippen molar-refractivity contribution in [2.45, 2.75) is 260 Å². The molecule has 20 unspecified atom stereocenters. The van der Waals surface area contributed by atoms with E-state index in [9.17, 15) is 0 Å². The Morgan fingerprint density at radius 3 is 0.783 bits per heavy atom. The first-order valence-corrected chi connectivity index (χ1v) is 46.9. The van der Waals surface area contributed by atoms with Crippen LogP contribution in [-0.2, 0) is 18.1 Å². The third-order valence-corrected chi connectivity index (χ3v) is 37.3. The molecule has 0 amide bonds. The van der Waals surface area contributed by atoms with E-state index in [1.807, 2.05) is 0 Å². The van der Waals surface area contributed by atoms with Gasteiger partial charge in [0.25, 0.3) is 17.1 Å². The third kappa shape index (κ3) is 10.8. The number of nitrogens with zero attached hydrogens (tertiary/aromatic N) is 2. The predicted octanol–water partition coefficient (Wildman–Crippen LogP) is 17.4. The lowest BCUT2D eigenvalue weighted by atomic mass is 9.53. The second-order valence-electron chi connectivity index (χ2n) is 30.8. The maximum absolute atomic E-state index is 7.95. The van der Waals surface area contributed by atoms with Crippen molar-refractivity contribution in [3.05, 3.63) is 0 Å². The molecule has 396 valence electrons. The highest BCUT2D eigenvalue weighted by Gasteiger charge is 2.64. The van der Waals surface area contributed by atoms with E-state index in [0.717, 1.165) is 89.0 Å². The van der Waals surface area contributed by atoms with Crippen LogP contribution in [0.4, 0.5) is 0 Å². The molecule has 0 radical (unpaired) electrons. The van der Waals surface area contributed by atoms with E-state index < -0.39 is 49.3 Å². The minimum atomic E-state index is -1.53. The highest BCUT2D eigenvalue weighted by molar-refractivity contribution is 7.45. The zero-order valence-electron chi connectivity index (χ0n) is 47.2. The standard InChI is InChI=1S/C57H108N2O4P2Si4/c1-58(64-60-54-46(66(3,4)5)34-38-24-15-19-28-42(38)50(54)51-43-29-20-16-25-39(43)35-47(55(51)61-64)67(6,7)8)32-23-33-59(2)65-62-56-48(68(9,10)11)36-40-26-17-21-30-44(40)52(56)53-45-31-22-18-27-41(45)37-49(57(53)63-65)69(12,13)14/h38-57H,15-37H2,1-14H3. The van der Waals surface area contributed by atoms with Crippen LogP contribution in [0.25, 0.3) is 0 Å². The largest absolute Gasteiger partial charge is 0.318 e. The van der Waals surface area contributed by atoms with E-state index in [4.69, 9.17) is 18.1 Å². The molecular formula is C57H108N2O4P2Si4. The Bertz CT molecular complexity index is 1500. The van der Waals surface area contributed by atoms with Crippen LogP contribution in [0.5, 0.6) is 0 Å². The van der Waals surface area contributed by atoms with Crippen LogP contribution in [0.1, 0.15) is 135 Å². The Kier molecular flexibility index (Phi) is 16.4. The molecule has 0 N–H and O–H groups in total. The van der Waals surface area contributed by atoms with Gasteiger partial charge in [-0.25, -0.2) is 9.34 Å². The van der Waals surface area contributed by atoms with Crippen LogP contribution >= 0.6 is 17.1 Å². The van der Waals surface area contributed by atoms with Gasteiger partial charge in [-0.05, 0) is 165 Å². The minimum Gasteiger partial charge on any atom is -0.318 e. The Labute approximate surface area is 432 Å². The minimum absolute atomic E-state index is 0.375. The Balaban J connectivity index is 0.930. The van der Waals surface area contributed by atoms with Crippen LogP contribution in [0.2, 0.25) is 101 Å². The smallest absolute Gasteiger partial charge is 0.259 e. The zero-order valence-corrected chi connectivity index (χ0v) is 53.0. The Hall–Kier alpha value is 1.49. The van der Waals surface area contributed by atoms with Gasteiger partial charge in [0.2, 0.25) is 0 Å². The second-order valence-corrected chi connectivity index (χ2v) is 55.9. The van der Waals surface area contributed by atoms with Gasteiger partial charge in [-0.15, -0.1) is 0 Å². The van der Waals surface area contributed by atoms with Gasteiger partial charge in [-0.3, -0.25) is 0 Å². The Morgan fingerprint density at radius 1 is 0.348 bits per heavy atom. The first-order valence-electron chi connectivity index (χ1n) is 30.3. The molecule has 0 bridgehead atoms. The van der Waals surface area contributed by atoms with Crippen molar-refractivity contribution < 1.29 is 18.1 Å². The number of fused-ring (bicyclic) bond motifs is 14.